The summed E-state index contributed by atoms with van der Waals surface area (Å²) in [7, 11) is -3.41. The molecule has 0 spiro atoms. The van der Waals surface area contributed by atoms with Crippen LogP contribution in [0.5, 0.6) is 0 Å². The number of aryl methyl sites for hydroxylation is 1. The molecule has 28 heavy (non-hydrogen) atoms. The molecule has 0 atom stereocenters. The molecule has 1 aromatic heterocycles. The van der Waals surface area contributed by atoms with Gasteiger partial charge in [0.05, 0.1) is 11.3 Å². The van der Waals surface area contributed by atoms with Gasteiger partial charge in [0.2, 0.25) is 21.7 Å². The molecule has 0 bridgehead atoms. The normalized spacial score (nSPS) is 15.2. The highest BCUT2D eigenvalue weighted by molar-refractivity contribution is 7.89. The van der Waals surface area contributed by atoms with Crippen LogP contribution in [-0.4, -0.2) is 36.0 Å². The lowest BCUT2D eigenvalue weighted by Gasteiger charge is -2.15. The van der Waals surface area contributed by atoms with E-state index in [1.807, 2.05) is 0 Å². The minimum atomic E-state index is -3.41. The van der Waals surface area contributed by atoms with Crippen molar-refractivity contribution in [3.8, 4) is 11.4 Å². The molecular weight excluding hydrogens is 374 g/mol. The predicted molar refractivity (Wildman–Crippen MR) is 106 cm³/mol. The molecule has 0 unspecified atom stereocenters. The van der Waals surface area contributed by atoms with Crippen LogP contribution in [0.4, 0.5) is 0 Å². The van der Waals surface area contributed by atoms with Gasteiger partial charge in [-0.05, 0) is 54.7 Å². The molecule has 146 valence electrons. The van der Waals surface area contributed by atoms with Gasteiger partial charge in [-0.2, -0.15) is 9.29 Å². The lowest BCUT2D eigenvalue weighted by Crippen LogP contribution is -2.27. The molecule has 0 N–H and O–H groups in total. The second-order valence-electron chi connectivity index (χ2n) is 6.99. The quantitative estimate of drug-likeness (QED) is 0.634. The third-order valence-electron chi connectivity index (χ3n) is 5.07. The van der Waals surface area contributed by atoms with Crippen LogP contribution in [0.1, 0.15) is 36.8 Å². The van der Waals surface area contributed by atoms with E-state index < -0.39 is 10.0 Å². The molecule has 0 saturated carbocycles. The first-order valence-electron chi connectivity index (χ1n) is 9.57. The van der Waals surface area contributed by atoms with Gasteiger partial charge in [-0.1, -0.05) is 36.3 Å². The maximum absolute atomic E-state index is 12.6. The van der Waals surface area contributed by atoms with Gasteiger partial charge in [0.15, 0.2) is 0 Å². The van der Waals surface area contributed by atoms with Gasteiger partial charge < -0.3 is 4.52 Å². The van der Waals surface area contributed by atoms with E-state index in [-0.39, 0.29) is 0 Å². The van der Waals surface area contributed by atoms with Crippen molar-refractivity contribution in [2.24, 2.45) is 0 Å². The van der Waals surface area contributed by atoms with Crippen molar-refractivity contribution in [1.82, 2.24) is 14.4 Å². The van der Waals surface area contributed by atoms with Gasteiger partial charge in [0.1, 0.15) is 0 Å². The van der Waals surface area contributed by atoms with Crippen molar-refractivity contribution in [2.75, 3.05) is 13.1 Å². The number of hydrogen-bond acceptors (Lipinski definition) is 5. The van der Waals surface area contributed by atoms with Crippen LogP contribution < -0.4 is 0 Å². The highest BCUT2D eigenvalue weighted by Gasteiger charge is 2.27. The summed E-state index contributed by atoms with van der Waals surface area (Å²) in [6.45, 7) is 3.32. The smallest absolute Gasteiger partial charge is 0.243 e. The fraction of sp³-hybridized carbons (Fsp3) is 0.333. The minimum Gasteiger partial charge on any atom is -0.339 e. The summed E-state index contributed by atoms with van der Waals surface area (Å²) in [6.07, 6.45) is 3.42. The van der Waals surface area contributed by atoms with Gasteiger partial charge in [-0.3, -0.25) is 0 Å². The Morgan fingerprint density at radius 1 is 0.964 bits per heavy atom. The maximum atomic E-state index is 12.6. The van der Waals surface area contributed by atoms with Crippen LogP contribution >= 0.6 is 0 Å². The van der Waals surface area contributed by atoms with Crippen molar-refractivity contribution in [3.63, 3.8) is 0 Å². The highest BCUT2D eigenvalue weighted by Crippen LogP contribution is 2.24. The third-order valence-corrected chi connectivity index (χ3v) is 6.98. The van der Waals surface area contributed by atoms with E-state index >= 15 is 0 Å². The molecule has 1 fully saturated rings. The molecule has 0 amide bonds. The predicted octanol–water partition coefficient (Wildman–Crippen LogP) is 3.67. The van der Waals surface area contributed by atoms with E-state index in [1.54, 1.807) is 24.3 Å². The van der Waals surface area contributed by atoms with Crippen molar-refractivity contribution in [2.45, 2.75) is 37.5 Å². The molecule has 3 aromatic rings. The Bertz CT molecular complexity index is 1040. The monoisotopic (exact) mass is 397 g/mol. The Labute approximate surface area is 165 Å². The number of nitrogens with zero attached hydrogens (tertiary/aromatic N) is 3. The Kier molecular flexibility index (Phi) is 5.28. The van der Waals surface area contributed by atoms with E-state index in [2.05, 4.69) is 41.3 Å². The molecule has 1 aliphatic heterocycles. The summed E-state index contributed by atoms with van der Waals surface area (Å²) in [6, 6.07) is 15.0. The van der Waals surface area contributed by atoms with Crippen molar-refractivity contribution in [3.05, 3.63) is 65.5 Å². The summed E-state index contributed by atoms with van der Waals surface area (Å²) >= 11 is 0. The first kappa shape index (κ1) is 18.8. The SMILES string of the molecule is CCc1ccc(Cc2nc(-c3ccc(S(=O)(=O)N4CCCC4)cc3)no2)cc1. The first-order valence-corrected chi connectivity index (χ1v) is 11.0. The van der Waals surface area contributed by atoms with Gasteiger partial charge in [-0.25, -0.2) is 8.42 Å². The van der Waals surface area contributed by atoms with E-state index in [4.69, 9.17) is 4.52 Å². The lowest BCUT2D eigenvalue weighted by atomic mass is 10.1. The summed E-state index contributed by atoms with van der Waals surface area (Å²) in [4.78, 5) is 4.75. The van der Waals surface area contributed by atoms with E-state index in [0.717, 1.165) is 30.4 Å². The lowest BCUT2D eigenvalue weighted by molar-refractivity contribution is 0.385. The summed E-state index contributed by atoms with van der Waals surface area (Å²) < 4.78 is 32.1. The fourth-order valence-electron chi connectivity index (χ4n) is 3.36. The Morgan fingerprint density at radius 2 is 1.61 bits per heavy atom. The second-order valence-corrected chi connectivity index (χ2v) is 8.93. The molecule has 0 aliphatic carbocycles. The van der Waals surface area contributed by atoms with Crippen LogP contribution in [0.3, 0.4) is 0 Å². The zero-order valence-electron chi connectivity index (χ0n) is 15.8. The molecule has 6 nitrogen and oxygen atoms in total. The average Bonchev–Trinajstić information content (AvgIpc) is 3.41. The zero-order chi connectivity index (χ0) is 19.6. The number of sulfonamides is 1. The Morgan fingerprint density at radius 3 is 2.25 bits per heavy atom. The second kappa shape index (κ2) is 7.85. The fourth-order valence-corrected chi connectivity index (χ4v) is 4.88. The molecule has 7 heteroatoms. The molecule has 1 saturated heterocycles. The largest absolute Gasteiger partial charge is 0.339 e. The molecule has 0 radical (unpaired) electrons. The Balaban J connectivity index is 1.49. The first-order chi connectivity index (χ1) is 13.6. The Hall–Kier alpha value is -2.51. The number of benzene rings is 2. The molecule has 2 aromatic carbocycles. The van der Waals surface area contributed by atoms with Gasteiger partial charge in [-0.15, -0.1) is 0 Å². The number of hydrogen-bond donors (Lipinski definition) is 0. The number of rotatable bonds is 6. The van der Waals surface area contributed by atoms with Crippen molar-refractivity contribution >= 4 is 10.0 Å². The topological polar surface area (TPSA) is 76.3 Å². The highest BCUT2D eigenvalue weighted by atomic mass is 32.2. The van der Waals surface area contributed by atoms with Crippen molar-refractivity contribution in [1.29, 1.82) is 0 Å². The molecular formula is C21H23N3O3S. The molecule has 2 heterocycles. The van der Waals surface area contributed by atoms with Crippen LogP contribution in [0.2, 0.25) is 0 Å². The van der Waals surface area contributed by atoms with Crippen LogP contribution in [-0.2, 0) is 22.9 Å². The zero-order valence-corrected chi connectivity index (χ0v) is 16.7. The molecule has 4 rings (SSSR count). The molecule has 1 aliphatic rings. The van der Waals surface area contributed by atoms with Gasteiger partial charge in [0.25, 0.3) is 0 Å². The summed E-state index contributed by atoms with van der Waals surface area (Å²) in [5, 5.41) is 4.04. The van der Waals surface area contributed by atoms with Gasteiger partial charge >= 0.3 is 0 Å². The maximum Gasteiger partial charge on any atom is 0.243 e. The minimum absolute atomic E-state index is 0.304. The number of aromatic nitrogens is 2. The van der Waals surface area contributed by atoms with Gasteiger partial charge in [0, 0.05) is 18.7 Å². The standard InChI is InChI=1S/C21H23N3O3S/c1-2-16-5-7-17(8-6-16)15-20-22-21(23-27-20)18-9-11-19(12-10-18)28(25,26)24-13-3-4-14-24/h5-12H,2-4,13-15H2,1H3. The third kappa shape index (κ3) is 3.86. The van der Waals surface area contributed by atoms with E-state index in [9.17, 15) is 8.42 Å². The summed E-state index contributed by atoms with van der Waals surface area (Å²) in [5.41, 5.74) is 3.13. The van der Waals surface area contributed by atoms with Crippen LogP contribution in [0, 0.1) is 0 Å². The van der Waals surface area contributed by atoms with E-state index in [0.29, 0.717) is 36.1 Å². The summed E-state index contributed by atoms with van der Waals surface area (Å²) in [5.74, 6) is 0.998. The van der Waals surface area contributed by atoms with Crippen LogP contribution in [0.15, 0.2) is 57.9 Å². The van der Waals surface area contributed by atoms with Crippen LogP contribution in [0.25, 0.3) is 11.4 Å². The van der Waals surface area contributed by atoms with Crippen molar-refractivity contribution < 1.29 is 12.9 Å². The average molecular weight is 398 g/mol. The van der Waals surface area contributed by atoms with E-state index in [1.165, 1.54) is 9.87 Å².